The predicted octanol–water partition coefficient (Wildman–Crippen LogP) is 5.31. The number of carbonyl (C=O) groups excluding carboxylic acids is 2. The number of unbranched alkanes of at least 4 members (excludes halogenated alkanes) is 1. The second kappa shape index (κ2) is 11.5. The Morgan fingerprint density at radius 3 is 2.57 bits per heavy atom. The van der Waals surface area contributed by atoms with Crippen LogP contribution >= 0.6 is 0 Å². The van der Waals surface area contributed by atoms with Crippen LogP contribution in [0.4, 0.5) is 0 Å². The second-order valence-corrected chi connectivity index (χ2v) is 8.33. The molecule has 1 atom stereocenters. The van der Waals surface area contributed by atoms with Gasteiger partial charge in [-0.1, -0.05) is 30.3 Å². The van der Waals surface area contributed by atoms with Crippen LogP contribution in [0.25, 0.3) is 0 Å². The number of ether oxygens (including phenoxy) is 1. The lowest BCUT2D eigenvalue weighted by atomic mass is 9.85. The Morgan fingerprint density at radius 2 is 1.83 bits per heavy atom. The predicted molar refractivity (Wildman–Crippen MR) is 120 cm³/mol. The minimum absolute atomic E-state index is 0.0492. The van der Waals surface area contributed by atoms with Gasteiger partial charge in [0.1, 0.15) is 11.5 Å². The number of hydrogen-bond donors (Lipinski definition) is 0. The van der Waals surface area contributed by atoms with Crippen LogP contribution in [0.5, 0.6) is 5.75 Å². The highest BCUT2D eigenvalue weighted by atomic mass is 16.5. The van der Waals surface area contributed by atoms with Crippen molar-refractivity contribution in [3.8, 4) is 5.75 Å². The van der Waals surface area contributed by atoms with E-state index in [9.17, 15) is 9.59 Å². The maximum absolute atomic E-state index is 12.4. The van der Waals surface area contributed by atoms with Gasteiger partial charge in [0, 0.05) is 32.0 Å². The molecule has 2 aromatic rings. The van der Waals surface area contributed by atoms with Crippen molar-refractivity contribution in [3.63, 3.8) is 0 Å². The standard InChI is InChI=1S/C26H33NO3/c1-27(26(29)23-10-3-2-4-11-23)18-17-21-13-15-25(16-14-21)30-19-6-5-8-22-9-7-12-24(28)20-22/h2-4,10-11,13-16,22H,5-9,12,17-20H2,1H3. The molecule has 0 saturated heterocycles. The zero-order chi connectivity index (χ0) is 21.2. The molecular formula is C26H33NO3. The molecule has 3 rings (SSSR count). The first-order valence-electron chi connectivity index (χ1n) is 11.2. The Labute approximate surface area is 180 Å². The quantitative estimate of drug-likeness (QED) is 0.502. The Kier molecular flexibility index (Phi) is 8.49. The van der Waals surface area contributed by atoms with Crippen LogP contribution in [-0.2, 0) is 11.2 Å². The summed E-state index contributed by atoms with van der Waals surface area (Å²) in [5.74, 6) is 1.98. The monoisotopic (exact) mass is 407 g/mol. The molecule has 160 valence electrons. The third kappa shape index (κ3) is 7.01. The average molecular weight is 408 g/mol. The number of nitrogens with zero attached hydrogens (tertiary/aromatic N) is 1. The molecule has 4 nitrogen and oxygen atoms in total. The number of likely N-dealkylation sites (N-methyl/N-ethyl adjacent to an activating group) is 1. The molecule has 1 aliphatic carbocycles. The first kappa shape index (κ1) is 22.1. The number of Topliss-reactive ketones (excluding diaryl/α,β-unsaturated/α-hetero) is 1. The van der Waals surface area contributed by atoms with Crippen molar-refractivity contribution >= 4 is 11.7 Å². The molecule has 1 fully saturated rings. The molecule has 0 N–H and O–H groups in total. The molecule has 4 heteroatoms. The van der Waals surface area contributed by atoms with Gasteiger partial charge in [0.15, 0.2) is 0 Å². The highest BCUT2D eigenvalue weighted by Crippen LogP contribution is 2.25. The van der Waals surface area contributed by atoms with Crippen molar-refractivity contribution in [3.05, 3.63) is 65.7 Å². The van der Waals surface area contributed by atoms with Gasteiger partial charge in [0.2, 0.25) is 0 Å². The number of hydrogen-bond acceptors (Lipinski definition) is 3. The molecule has 0 aliphatic heterocycles. The average Bonchev–Trinajstić information content (AvgIpc) is 2.78. The first-order valence-corrected chi connectivity index (χ1v) is 11.2. The summed E-state index contributed by atoms with van der Waals surface area (Å²) in [5, 5.41) is 0. The van der Waals surface area contributed by atoms with E-state index in [0.717, 1.165) is 56.3 Å². The number of amides is 1. The second-order valence-electron chi connectivity index (χ2n) is 8.33. The van der Waals surface area contributed by atoms with Crippen LogP contribution in [-0.4, -0.2) is 36.8 Å². The fourth-order valence-corrected chi connectivity index (χ4v) is 4.04. The lowest BCUT2D eigenvalue weighted by Gasteiger charge is -2.20. The third-order valence-corrected chi connectivity index (χ3v) is 5.89. The van der Waals surface area contributed by atoms with E-state index in [1.165, 1.54) is 12.0 Å². The largest absolute Gasteiger partial charge is 0.494 e. The maximum atomic E-state index is 12.4. The van der Waals surface area contributed by atoms with E-state index in [2.05, 4.69) is 12.1 Å². The molecule has 1 saturated carbocycles. The summed E-state index contributed by atoms with van der Waals surface area (Å²) in [6.45, 7) is 1.39. The first-order chi connectivity index (χ1) is 14.6. The number of carbonyl (C=O) groups is 2. The normalized spacial score (nSPS) is 16.3. The molecule has 1 unspecified atom stereocenters. The van der Waals surface area contributed by atoms with Gasteiger partial charge in [-0.15, -0.1) is 0 Å². The number of benzene rings is 2. The van der Waals surface area contributed by atoms with Crippen LogP contribution in [0.2, 0.25) is 0 Å². The summed E-state index contributed by atoms with van der Waals surface area (Å²) in [4.78, 5) is 25.7. The molecular weight excluding hydrogens is 374 g/mol. The highest BCUT2D eigenvalue weighted by molar-refractivity contribution is 5.93. The topological polar surface area (TPSA) is 46.6 Å². The minimum Gasteiger partial charge on any atom is -0.494 e. The summed E-state index contributed by atoms with van der Waals surface area (Å²) >= 11 is 0. The van der Waals surface area contributed by atoms with E-state index in [1.54, 1.807) is 4.90 Å². The van der Waals surface area contributed by atoms with Crippen molar-refractivity contribution in [1.82, 2.24) is 4.90 Å². The SMILES string of the molecule is CN(CCc1ccc(OCCCCC2CCCC(=O)C2)cc1)C(=O)c1ccccc1. The summed E-state index contributed by atoms with van der Waals surface area (Å²) in [7, 11) is 1.84. The zero-order valence-electron chi connectivity index (χ0n) is 18.0. The molecule has 0 bridgehead atoms. The maximum Gasteiger partial charge on any atom is 0.253 e. The van der Waals surface area contributed by atoms with Gasteiger partial charge in [0.05, 0.1) is 6.61 Å². The number of rotatable bonds is 10. The van der Waals surface area contributed by atoms with Gasteiger partial charge in [-0.05, 0) is 74.3 Å². The fraction of sp³-hybridized carbons (Fsp3) is 0.462. The van der Waals surface area contributed by atoms with E-state index in [4.69, 9.17) is 4.74 Å². The molecule has 0 heterocycles. The zero-order valence-corrected chi connectivity index (χ0v) is 18.0. The Morgan fingerprint density at radius 1 is 1.07 bits per heavy atom. The van der Waals surface area contributed by atoms with Crippen molar-refractivity contribution in [2.45, 2.75) is 51.4 Å². The Hall–Kier alpha value is -2.62. The van der Waals surface area contributed by atoms with E-state index >= 15 is 0 Å². The van der Waals surface area contributed by atoms with Gasteiger partial charge in [-0.2, -0.15) is 0 Å². The number of ketones is 1. The third-order valence-electron chi connectivity index (χ3n) is 5.89. The highest BCUT2D eigenvalue weighted by Gasteiger charge is 2.18. The summed E-state index contributed by atoms with van der Waals surface area (Å²) in [6, 6.07) is 17.5. The van der Waals surface area contributed by atoms with Crippen LogP contribution in [0, 0.1) is 5.92 Å². The van der Waals surface area contributed by atoms with Gasteiger partial charge in [-0.3, -0.25) is 9.59 Å². The molecule has 1 amide bonds. The van der Waals surface area contributed by atoms with E-state index in [-0.39, 0.29) is 5.91 Å². The van der Waals surface area contributed by atoms with Gasteiger partial charge >= 0.3 is 0 Å². The van der Waals surface area contributed by atoms with Crippen LogP contribution in [0.1, 0.15) is 60.9 Å². The molecule has 1 aliphatic rings. The lowest BCUT2D eigenvalue weighted by Crippen LogP contribution is -2.28. The summed E-state index contributed by atoms with van der Waals surface area (Å²) < 4.78 is 5.86. The van der Waals surface area contributed by atoms with Crippen LogP contribution in [0.15, 0.2) is 54.6 Å². The van der Waals surface area contributed by atoms with Gasteiger partial charge < -0.3 is 9.64 Å². The van der Waals surface area contributed by atoms with Gasteiger partial charge in [0.25, 0.3) is 5.91 Å². The molecule has 0 spiro atoms. The smallest absolute Gasteiger partial charge is 0.253 e. The van der Waals surface area contributed by atoms with E-state index in [0.29, 0.717) is 24.9 Å². The minimum atomic E-state index is 0.0492. The van der Waals surface area contributed by atoms with E-state index in [1.807, 2.05) is 49.5 Å². The molecule has 0 radical (unpaired) electrons. The summed E-state index contributed by atoms with van der Waals surface area (Å²) in [6.07, 6.45) is 7.96. The molecule has 30 heavy (non-hydrogen) atoms. The van der Waals surface area contributed by atoms with Crippen LogP contribution < -0.4 is 4.74 Å². The van der Waals surface area contributed by atoms with Crippen molar-refractivity contribution < 1.29 is 14.3 Å². The molecule has 2 aromatic carbocycles. The lowest BCUT2D eigenvalue weighted by molar-refractivity contribution is -0.121. The van der Waals surface area contributed by atoms with Crippen molar-refractivity contribution in [2.24, 2.45) is 5.92 Å². The van der Waals surface area contributed by atoms with E-state index < -0.39 is 0 Å². The Balaban J connectivity index is 1.32. The summed E-state index contributed by atoms with van der Waals surface area (Å²) in [5.41, 5.74) is 1.91. The molecule has 0 aromatic heterocycles. The van der Waals surface area contributed by atoms with Crippen molar-refractivity contribution in [2.75, 3.05) is 20.2 Å². The Bertz CT molecular complexity index is 801. The van der Waals surface area contributed by atoms with Crippen molar-refractivity contribution in [1.29, 1.82) is 0 Å². The fourth-order valence-electron chi connectivity index (χ4n) is 4.04. The van der Waals surface area contributed by atoms with Crippen LogP contribution in [0.3, 0.4) is 0 Å². The van der Waals surface area contributed by atoms with Gasteiger partial charge in [-0.25, -0.2) is 0 Å².